The SMILES string of the molecule is CCc1ccc(-n2c(SCC(=O)Nc3ccc(S(C)(=O)=O)cc3)nc3ccccc3c2=O)cc1. The molecule has 0 aliphatic carbocycles. The van der Waals surface area contributed by atoms with Crippen LogP contribution in [-0.2, 0) is 21.1 Å². The van der Waals surface area contributed by atoms with Gasteiger partial charge in [0.2, 0.25) is 5.91 Å². The Kier molecular flexibility index (Phi) is 6.85. The van der Waals surface area contributed by atoms with Gasteiger partial charge in [-0.2, -0.15) is 0 Å². The van der Waals surface area contributed by atoms with Crippen molar-refractivity contribution in [1.82, 2.24) is 9.55 Å². The van der Waals surface area contributed by atoms with E-state index in [0.717, 1.165) is 30.0 Å². The van der Waals surface area contributed by atoms with Crippen molar-refractivity contribution < 1.29 is 13.2 Å². The minimum Gasteiger partial charge on any atom is -0.325 e. The van der Waals surface area contributed by atoms with Gasteiger partial charge in [0.05, 0.1) is 27.2 Å². The summed E-state index contributed by atoms with van der Waals surface area (Å²) in [6, 6.07) is 20.8. The molecule has 3 aromatic carbocycles. The number of carbonyl (C=O) groups excluding carboxylic acids is 1. The molecule has 0 unspecified atom stereocenters. The van der Waals surface area contributed by atoms with Crippen molar-refractivity contribution in [2.75, 3.05) is 17.3 Å². The Hall–Kier alpha value is -3.43. The summed E-state index contributed by atoms with van der Waals surface area (Å²) in [5.74, 6) is -0.279. The predicted molar refractivity (Wildman–Crippen MR) is 136 cm³/mol. The third-order valence-electron chi connectivity index (χ3n) is 5.25. The van der Waals surface area contributed by atoms with Crippen molar-refractivity contribution >= 4 is 44.1 Å². The third kappa shape index (κ3) is 5.21. The lowest BCUT2D eigenvalue weighted by Crippen LogP contribution is -2.23. The molecule has 9 heteroatoms. The lowest BCUT2D eigenvalue weighted by atomic mass is 10.1. The maximum Gasteiger partial charge on any atom is 0.266 e. The van der Waals surface area contributed by atoms with Crippen molar-refractivity contribution in [1.29, 1.82) is 0 Å². The second-order valence-electron chi connectivity index (χ2n) is 7.71. The predicted octanol–water partition coefficient (Wildman–Crippen LogP) is 4.08. The van der Waals surface area contributed by atoms with E-state index >= 15 is 0 Å². The number of sulfone groups is 1. The van der Waals surface area contributed by atoms with Gasteiger partial charge in [-0.05, 0) is 60.5 Å². The number of rotatable bonds is 7. The van der Waals surface area contributed by atoms with E-state index in [0.29, 0.717) is 27.4 Å². The number of anilines is 1. The van der Waals surface area contributed by atoms with Gasteiger partial charge in [-0.3, -0.25) is 14.2 Å². The first-order valence-electron chi connectivity index (χ1n) is 10.6. The second kappa shape index (κ2) is 9.82. The molecule has 1 N–H and O–H groups in total. The topological polar surface area (TPSA) is 98.1 Å². The number of nitrogens with one attached hydrogen (secondary N) is 1. The van der Waals surface area contributed by atoms with E-state index in [1.807, 2.05) is 30.3 Å². The van der Waals surface area contributed by atoms with Gasteiger partial charge >= 0.3 is 0 Å². The highest BCUT2D eigenvalue weighted by Gasteiger charge is 2.15. The van der Waals surface area contributed by atoms with Crippen molar-refractivity contribution in [3.8, 4) is 5.69 Å². The fraction of sp³-hybridized carbons (Fsp3) is 0.160. The third-order valence-corrected chi connectivity index (χ3v) is 7.31. The first kappa shape index (κ1) is 23.7. The number of fused-ring (bicyclic) bond motifs is 1. The molecular formula is C25H23N3O4S2. The normalized spacial score (nSPS) is 11.5. The molecule has 0 spiro atoms. The number of aromatic nitrogens is 2. The van der Waals surface area contributed by atoms with E-state index in [4.69, 9.17) is 0 Å². The fourth-order valence-electron chi connectivity index (χ4n) is 3.43. The number of aryl methyl sites for hydroxylation is 1. The summed E-state index contributed by atoms with van der Waals surface area (Å²) >= 11 is 1.16. The van der Waals surface area contributed by atoms with Crippen LogP contribution in [0.5, 0.6) is 0 Å². The van der Waals surface area contributed by atoms with Crippen LogP contribution in [0.3, 0.4) is 0 Å². The minimum atomic E-state index is -3.31. The zero-order valence-corrected chi connectivity index (χ0v) is 20.3. The van der Waals surface area contributed by atoms with Gasteiger partial charge in [-0.25, -0.2) is 13.4 Å². The van der Waals surface area contributed by atoms with E-state index < -0.39 is 9.84 Å². The molecular weight excluding hydrogens is 470 g/mol. The summed E-state index contributed by atoms with van der Waals surface area (Å²) < 4.78 is 24.7. The molecule has 4 aromatic rings. The minimum absolute atomic E-state index is 0.0195. The Morgan fingerprint density at radius 3 is 2.32 bits per heavy atom. The zero-order chi connectivity index (χ0) is 24.3. The highest BCUT2D eigenvalue weighted by atomic mass is 32.2. The Morgan fingerprint density at radius 1 is 1.00 bits per heavy atom. The van der Waals surface area contributed by atoms with E-state index in [2.05, 4.69) is 17.2 Å². The number of carbonyl (C=O) groups is 1. The quantitative estimate of drug-likeness (QED) is 0.308. The van der Waals surface area contributed by atoms with Crippen LogP contribution in [-0.4, -0.2) is 35.9 Å². The molecule has 0 fully saturated rings. The molecule has 0 aliphatic heterocycles. The number of hydrogen-bond donors (Lipinski definition) is 1. The maximum atomic E-state index is 13.3. The van der Waals surface area contributed by atoms with Crippen LogP contribution in [0.1, 0.15) is 12.5 Å². The molecule has 0 atom stereocenters. The van der Waals surface area contributed by atoms with Gasteiger partial charge in [-0.15, -0.1) is 0 Å². The number of hydrogen-bond acceptors (Lipinski definition) is 6. The van der Waals surface area contributed by atoms with E-state index in [1.165, 1.54) is 16.7 Å². The molecule has 0 saturated carbocycles. The second-order valence-corrected chi connectivity index (χ2v) is 10.7. The standard InChI is InChI=1S/C25H23N3O4S2/c1-3-17-8-12-19(13-9-17)28-24(30)21-6-4-5-7-22(21)27-25(28)33-16-23(29)26-18-10-14-20(15-11-18)34(2,31)32/h4-15H,3,16H2,1-2H3,(H,26,29). The number of amides is 1. The molecule has 0 radical (unpaired) electrons. The van der Waals surface area contributed by atoms with Crippen LogP contribution in [0, 0.1) is 0 Å². The van der Waals surface area contributed by atoms with Gasteiger partial charge in [0.25, 0.3) is 5.56 Å². The summed E-state index contributed by atoms with van der Waals surface area (Å²) in [5.41, 5.74) is 2.68. The average Bonchev–Trinajstić information content (AvgIpc) is 2.83. The Balaban J connectivity index is 1.60. The van der Waals surface area contributed by atoms with E-state index in [1.54, 1.807) is 30.3 Å². The first-order chi connectivity index (χ1) is 16.3. The molecule has 0 aliphatic rings. The van der Waals surface area contributed by atoms with Crippen molar-refractivity contribution in [2.45, 2.75) is 23.4 Å². The largest absolute Gasteiger partial charge is 0.325 e. The van der Waals surface area contributed by atoms with E-state index in [9.17, 15) is 18.0 Å². The van der Waals surface area contributed by atoms with Crippen LogP contribution < -0.4 is 10.9 Å². The lowest BCUT2D eigenvalue weighted by Gasteiger charge is -2.14. The molecule has 1 amide bonds. The van der Waals surface area contributed by atoms with Crippen LogP contribution in [0.4, 0.5) is 5.69 Å². The van der Waals surface area contributed by atoms with Crippen molar-refractivity contribution in [3.05, 3.63) is 88.7 Å². The first-order valence-corrected chi connectivity index (χ1v) is 13.5. The number of nitrogens with zero attached hydrogens (tertiary/aromatic N) is 2. The Bertz CT molecular complexity index is 1510. The highest BCUT2D eigenvalue weighted by molar-refractivity contribution is 7.99. The molecule has 7 nitrogen and oxygen atoms in total. The van der Waals surface area contributed by atoms with Crippen molar-refractivity contribution in [2.24, 2.45) is 0 Å². The molecule has 4 rings (SSSR count). The molecule has 174 valence electrons. The maximum absolute atomic E-state index is 13.3. The van der Waals surface area contributed by atoms with Gasteiger partial charge in [-0.1, -0.05) is 43.0 Å². The van der Waals surface area contributed by atoms with Crippen LogP contribution >= 0.6 is 11.8 Å². The zero-order valence-electron chi connectivity index (χ0n) is 18.7. The summed E-state index contributed by atoms with van der Waals surface area (Å²) in [6.07, 6.45) is 2.02. The van der Waals surface area contributed by atoms with Crippen LogP contribution in [0.25, 0.3) is 16.6 Å². The molecule has 1 heterocycles. The Labute approximate surface area is 201 Å². The number of benzene rings is 3. The van der Waals surface area contributed by atoms with Crippen molar-refractivity contribution in [3.63, 3.8) is 0 Å². The molecule has 0 bridgehead atoms. The molecule has 34 heavy (non-hydrogen) atoms. The van der Waals surface area contributed by atoms with E-state index in [-0.39, 0.29) is 22.1 Å². The van der Waals surface area contributed by atoms with Gasteiger partial charge in [0.15, 0.2) is 15.0 Å². The lowest BCUT2D eigenvalue weighted by molar-refractivity contribution is -0.113. The highest BCUT2D eigenvalue weighted by Crippen LogP contribution is 2.22. The monoisotopic (exact) mass is 493 g/mol. The van der Waals surface area contributed by atoms with Gasteiger partial charge < -0.3 is 5.32 Å². The average molecular weight is 494 g/mol. The summed E-state index contributed by atoms with van der Waals surface area (Å²) in [4.78, 5) is 30.7. The fourth-order valence-corrected chi connectivity index (χ4v) is 4.87. The molecule has 0 saturated heterocycles. The number of thioether (sulfide) groups is 1. The Morgan fingerprint density at radius 2 is 1.68 bits per heavy atom. The summed E-state index contributed by atoms with van der Waals surface area (Å²) in [5, 5.41) is 3.66. The summed E-state index contributed by atoms with van der Waals surface area (Å²) in [6.45, 7) is 2.06. The van der Waals surface area contributed by atoms with Gasteiger partial charge in [0.1, 0.15) is 0 Å². The number of para-hydroxylation sites is 1. The molecule has 1 aromatic heterocycles. The summed E-state index contributed by atoms with van der Waals surface area (Å²) in [7, 11) is -3.31. The van der Waals surface area contributed by atoms with Gasteiger partial charge in [0, 0.05) is 11.9 Å². The van der Waals surface area contributed by atoms with Crippen LogP contribution in [0.15, 0.2) is 87.6 Å². The smallest absolute Gasteiger partial charge is 0.266 e. The van der Waals surface area contributed by atoms with Crippen LogP contribution in [0.2, 0.25) is 0 Å².